The predicted molar refractivity (Wildman–Crippen MR) is 116 cm³/mol. The van der Waals surface area contributed by atoms with Crippen LogP contribution in [0.3, 0.4) is 0 Å². The van der Waals surface area contributed by atoms with E-state index < -0.39 is 16.5 Å². The van der Waals surface area contributed by atoms with Gasteiger partial charge in [0.05, 0.1) is 23.1 Å². The first kappa shape index (κ1) is 22.9. The van der Waals surface area contributed by atoms with Crippen LogP contribution in [0.15, 0.2) is 48.5 Å². The van der Waals surface area contributed by atoms with Gasteiger partial charge in [-0.2, -0.15) is 0 Å². The van der Waals surface area contributed by atoms with E-state index in [2.05, 4.69) is 9.64 Å². The van der Waals surface area contributed by atoms with Gasteiger partial charge in [-0.1, -0.05) is 0 Å². The van der Waals surface area contributed by atoms with E-state index in [0.29, 0.717) is 26.2 Å². The number of amides is 2. The molecule has 2 amide bonds. The maximum absolute atomic E-state index is 13.0. The third-order valence-corrected chi connectivity index (χ3v) is 5.71. The molecular formula is C21H19ClF2N4O5. The Bertz CT molecular complexity index is 1050. The van der Waals surface area contributed by atoms with E-state index in [1.165, 1.54) is 36.4 Å². The lowest BCUT2D eigenvalue weighted by molar-refractivity contribution is -0.384. The predicted octanol–water partition coefficient (Wildman–Crippen LogP) is 3.22. The lowest BCUT2D eigenvalue weighted by Crippen LogP contribution is -2.52. The number of halogens is 3. The first-order valence-electron chi connectivity index (χ1n) is 10.1. The molecule has 0 aliphatic carbocycles. The SMILES string of the molecule is O=C1C[C@H](N2CCN(c3ccc([N+](=O)[O-])cc3)CC2)C(=O)N1c1ccc(OC(F)(F)Cl)cc1. The van der Waals surface area contributed by atoms with Crippen molar-refractivity contribution in [2.45, 2.75) is 18.0 Å². The number of nitro benzene ring substituents is 1. The molecule has 0 spiro atoms. The highest BCUT2D eigenvalue weighted by Gasteiger charge is 2.43. The number of imide groups is 1. The maximum Gasteiger partial charge on any atom is 0.487 e. The van der Waals surface area contributed by atoms with Crippen LogP contribution in [0.2, 0.25) is 0 Å². The fourth-order valence-corrected chi connectivity index (χ4v) is 4.14. The highest BCUT2D eigenvalue weighted by Crippen LogP contribution is 2.31. The highest BCUT2D eigenvalue weighted by atomic mass is 35.5. The van der Waals surface area contributed by atoms with Gasteiger partial charge in [-0.25, -0.2) is 4.90 Å². The maximum atomic E-state index is 13.0. The van der Waals surface area contributed by atoms with Gasteiger partial charge in [-0.05, 0) is 36.4 Å². The zero-order valence-corrected chi connectivity index (χ0v) is 18.0. The molecule has 0 bridgehead atoms. The Morgan fingerprint density at radius 2 is 1.55 bits per heavy atom. The minimum absolute atomic E-state index is 0.0171. The van der Waals surface area contributed by atoms with Crippen LogP contribution in [-0.2, 0) is 9.59 Å². The van der Waals surface area contributed by atoms with Crippen LogP contribution in [-0.4, -0.2) is 59.4 Å². The van der Waals surface area contributed by atoms with Gasteiger partial charge in [0, 0.05) is 55.6 Å². The molecule has 2 fully saturated rings. The summed E-state index contributed by atoms with van der Waals surface area (Å²) < 4.78 is 29.8. The number of hydrogen-bond donors (Lipinski definition) is 0. The van der Waals surface area contributed by atoms with Gasteiger partial charge < -0.3 is 9.64 Å². The van der Waals surface area contributed by atoms with Crippen molar-refractivity contribution < 1.29 is 28.0 Å². The van der Waals surface area contributed by atoms with Gasteiger partial charge in [-0.3, -0.25) is 24.6 Å². The molecule has 0 saturated carbocycles. The average Bonchev–Trinajstić information content (AvgIpc) is 3.07. The second-order valence-electron chi connectivity index (χ2n) is 7.63. The third-order valence-electron chi connectivity index (χ3n) is 5.63. The van der Waals surface area contributed by atoms with Crippen LogP contribution < -0.4 is 14.5 Å². The second kappa shape index (κ2) is 8.91. The molecule has 33 heavy (non-hydrogen) atoms. The van der Waals surface area contributed by atoms with Crippen molar-refractivity contribution in [2.24, 2.45) is 0 Å². The number of ether oxygens (including phenoxy) is 1. The molecular weight excluding hydrogens is 462 g/mol. The Kier molecular flexibility index (Phi) is 6.17. The summed E-state index contributed by atoms with van der Waals surface area (Å²) in [5.41, 5.74) is -2.73. The molecule has 0 N–H and O–H groups in total. The molecule has 2 heterocycles. The largest absolute Gasteiger partial charge is 0.487 e. The Hall–Kier alpha value is -3.31. The number of non-ortho nitro benzene ring substituents is 1. The summed E-state index contributed by atoms with van der Waals surface area (Å²) in [5.74, 6) is -0.948. The summed E-state index contributed by atoms with van der Waals surface area (Å²) in [6, 6.07) is 10.8. The normalized spacial score (nSPS) is 19.8. The molecule has 2 aromatic rings. The summed E-state index contributed by atoms with van der Waals surface area (Å²) in [6.07, 6.45) is 0.0222. The van der Waals surface area contributed by atoms with Gasteiger partial charge in [-0.15, -0.1) is 8.78 Å². The number of piperazine rings is 1. The number of rotatable bonds is 6. The molecule has 2 aromatic carbocycles. The molecule has 174 valence electrons. The summed E-state index contributed by atoms with van der Waals surface area (Å²) in [6.45, 7) is 2.25. The van der Waals surface area contributed by atoms with E-state index in [0.717, 1.165) is 10.6 Å². The van der Waals surface area contributed by atoms with E-state index in [1.807, 2.05) is 4.90 Å². The second-order valence-corrected chi connectivity index (χ2v) is 8.07. The smallest absolute Gasteiger partial charge is 0.420 e. The first-order valence-corrected chi connectivity index (χ1v) is 10.5. The van der Waals surface area contributed by atoms with Crippen molar-refractivity contribution in [3.63, 3.8) is 0 Å². The Balaban J connectivity index is 1.38. The number of alkyl halides is 3. The van der Waals surface area contributed by atoms with Gasteiger partial charge in [0.15, 0.2) is 0 Å². The van der Waals surface area contributed by atoms with Gasteiger partial charge >= 0.3 is 5.57 Å². The molecule has 2 saturated heterocycles. The number of anilines is 2. The van der Waals surface area contributed by atoms with Crippen LogP contribution in [0.1, 0.15) is 6.42 Å². The fraction of sp³-hybridized carbons (Fsp3) is 0.333. The lowest BCUT2D eigenvalue weighted by atomic mass is 10.1. The van der Waals surface area contributed by atoms with Crippen molar-refractivity contribution >= 4 is 40.5 Å². The molecule has 0 aromatic heterocycles. The molecule has 0 unspecified atom stereocenters. The first-order chi connectivity index (χ1) is 15.6. The Morgan fingerprint density at radius 3 is 2.09 bits per heavy atom. The van der Waals surface area contributed by atoms with Crippen molar-refractivity contribution in [1.29, 1.82) is 0 Å². The summed E-state index contributed by atoms with van der Waals surface area (Å²) in [5, 5.41) is 10.8. The van der Waals surface area contributed by atoms with Crippen LogP contribution in [0, 0.1) is 10.1 Å². The summed E-state index contributed by atoms with van der Waals surface area (Å²) in [7, 11) is 0. The lowest BCUT2D eigenvalue weighted by Gasteiger charge is -2.38. The molecule has 4 rings (SSSR count). The summed E-state index contributed by atoms with van der Waals surface area (Å²) in [4.78, 5) is 41.0. The van der Waals surface area contributed by atoms with Gasteiger partial charge in [0.2, 0.25) is 5.91 Å². The molecule has 0 radical (unpaired) electrons. The Labute approximate surface area is 192 Å². The number of carbonyl (C=O) groups is 2. The number of carbonyl (C=O) groups excluding carboxylic acids is 2. The number of hydrogen-bond acceptors (Lipinski definition) is 7. The molecule has 1 atom stereocenters. The molecule has 2 aliphatic rings. The van der Waals surface area contributed by atoms with Crippen LogP contribution in [0.4, 0.5) is 25.8 Å². The topological polar surface area (TPSA) is 96.2 Å². The van der Waals surface area contributed by atoms with Gasteiger partial charge in [0.1, 0.15) is 5.75 Å². The molecule has 9 nitrogen and oxygen atoms in total. The number of benzene rings is 2. The zero-order chi connectivity index (χ0) is 23.8. The summed E-state index contributed by atoms with van der Waals surface area (Å²) >= 11 is 4.74. The molecule has 12 heteroatoms. The standard InChI is InChI=1S/C21H19ClF2N4O5/c22-21(23,24)33-17-7-5-15(6-8-17)27-19(29)13-18(20(27)30)26-11-9-25(10-12-26)14-1-3-16(4-2-14)28(31)32/h1-8,18H,9-13H2/t18-/m0/s1. The molecule has 2 aliphatic heterocycles. The van der Waals surface area contributed by atoms with Crippen LogP contribution in [0.25, 0.3) is 0 Å². The fourth-order valence-electron chi connectivity index (χ4n) is 4.05. The zero-order valence-electron chi connectivity index (χ0n) is 17.2. The van der Waals surface area contributed by atoms with E-state index >= 15 is 0 Å². The monoisotopic (exact) mass is 480 g/mol. The van der Waals surface area contributed by atoms with Crippen LogP contribution >= 0.6 is 11.6 Å². The van der Waals surface area contributed by atoms with Crippen molar-refractivity contribution in [1.82, 2.24) is 4.90 Å². The quantitative estimate of drug-likeness (QED) is 0.271. The minimum atomic E-state index is -3.86. The average molecular weight is 481 g/mol. The Morgan fingerprint density at radius 1 is 0.970 bits per heavy atom. The number of nitro groups is 1. The van der Waals surface area contributed by atoms with E-state index in [9.17, 15) is 28.5 Å². The van der Waals surface area contributed by atoms with Crippen LogP contribution in [0.5, 0.6) is 5.75 Å². The van der Waals surface area contributed by atoms with E-state index in [-0.39, 0.29) is 35.4 Å². The van der Waals surface area contributed by atoms with Crippen molar-refractivity contribution in [3.05, 3.63) is 58.6 Å². The van der Waals surface area contributed by atoms with E-state index in [1.54, 1.807) is 12.1 Å². The minimum Gasteiger partial charge on any atom is -0.420 e. The third kappa shape index (κ3) is 5.04. The van der Waals surface area contributed by atoms with E-state index in [4.69, 9.17) is 11.6 Å². The van der Waals surface area contributed by atoms with Crippen molar-refractivity contribution in [2.75, 3.05) is 36.0 Å². The number of nitrogens with zero attached hydrogens (tertiary/aromatic N) is 4. The van der Waals surface area contributed by atoms with Crippen molar-refractivity contribution in [3.8, 4) is 5.75 Å². The highest BCUT2D eigenvalue weighted by molar-refractivity contribution is 6.22. The van der Waals surface area contributed by atoms with Gasteiger partial charge in [0.25, 0.3) is 11.6 Å².